The molecule has 2 aliphatic heterocycles. The van der Waals surface area contributed by atoms with E-state index in [4.69, 9.17) is 5.73 Å². The molecule has 2 fully saturated rings. The summed E-state index contributed by atoms with van der Waals surface area (Å²) < 4.78 is 0. The van der Waals surface area contributed by atoms with Crippen molar-refractivity contribution in [1.29, 1.82) is 0 Å². The van der Waals surface area contributed by atoms with Crippen molar-refractivity contribution in [1.82, 2.24) is 99.9 Å². The van der Waals surface area contributed by atoms with E-state index in [0.29, 0.717) is 44.9 Å². The highest BCUT2D eigenvalue weighted by atomic mass is 16.4. The van der Waals surface area contributed by atoms with Gasteiger partial charge in [0.15, 0.2) is 0 Å². The van der Waals surface area contributed by atoms with Crippen LogP contribution in [0.4, 0.5) is 0 Å². The van der Waals surface area contributed by atoms with Gasteiger partial charge in [0.05, 0.1) is 19.5 Å². The molecule has 0 spiro atoms. The Bertz CT molecular complexity index is 5890. The van der Waals surface area contributed by atoms with Crippen LogP contribution in [-0.2, 0) is 141 Å². The van der Waals surface area contributed by atoms with Crippen LogP contribution < -0.4 is 90.8 Å². The Morgan fingerprint density at radius 2 is 0.738 bits per heavy atom. The molecule has 0 aliphatic carbocycles. The largest absolute Gasteiger partial charge is 0.508 e. The third-order valence-electron chi connectivity index (χ3n) is 24.3. The number of aliphatic carboxylic acids is 6. The molecule has 804 valence electrons. The smallest absolute Gasteiger partial charge is 0.305 e. The van der Waals surface area contributed by atoms with Gasteiger partial charge in [-0.3, -0.25) is 115 Å². The molecule has 27 N–H and O–H groups in total. The number of nitrogens with two attached hydrogens (primary N) is 1. The zero-order valence-electron chi connectivity index (χ0n) is 82.2. The van der Waals surface area contributed by atoms with Gasteiger partial charge in [0.25, 0.3) is 0 Å². The minimum atomic E-state index is -2.14. The second-order valence-electron chi connectivity index (χ2n) is 37.0. The van der Waals surface area contributed by atoms with Crippen molar-refractivity contribution in [3.8, 4) is 5.75 Å². The number of hydrogen-bond acceptors (Lipinski definition) is 25. The van der Waals surface area contributed by atoms with Gasteiger partial charge in [-0.05, 0) is 129 Å². The van der Waals surface area contributed by atoms with E-state index in [1.807, 2.05) is 0 Å². The summed E-state index contributed by atoms with van der Waals surface area (Å²) >= 11 is 0. The fourth-order valence-electron chi connectivity index (χ4n) is 16.5. The molecular formula is C98H126N20O31. The van der Waals surface area contributed by atoms with Crippen molar-refractivity contribution in [3.05, 3.63) is 138 Å². The Hall–Kier alpha value is -17.0. The molecular weight excluding hydrogens is 1950 g/mol. The predicted molar refractivity (Wildman–Crippen MR) is 523 cm³/mol. The van der Waals surface area contributed by atoms with Gasteiger partial charge in [0, 0.05) is 105 Å². The van der Waals surface area contributed by atoms with Gasteiger partial charge >= 0.3 is 35.8 Å². The third-order valence-corrected chi connectivity index (χ3v) is 24.3. The van der Waals surface area contributed by atoms with Crippen molar-refractivity contribution >= 4 is 164 Å². The van der Waals surface area contributed by atoms with E-state index >= 15 is 0 Å². The maximum absolute atomic E-state index is 14.9. The zero-order chi connectivity index (χ0) is 110. The minimum absolute atomic E-state index is 0.0743. The molecule has 0 bridgehead atoms. The lowest BCUT2D eigenvalue weighted by Crippen LogP contribution is -2.61. The van der Waals surface area contributed by atoms with Crippen molar-refractivity contribution < 1.29 is 151 Å². The van der Waals surface area contributed by atoms with Gasteiger partial charge in [0.2, 0.25) is 106 Å². The number of para-hydroxylation sites is 2. The molecule has 8 rings (SSSR count). The lowest BCUT2D eigenvalue weighted by molar-refractivity contribution is -0.141. The van der Waals surface area contributed by atoms with Crippen LogP contribution in [0.25, 0.3) is 21.8 Å². The summed E-state index contributed by atoms with van der Waals surface area (Å²) in [6, 6.07) is 1.83. The van der Waals surface area contributed by atoms with Crippen LogP contribution >= 0.6 is 0 Å². The first kappa shape index (κ1) is 117. The molecule has 51 nitrogen and oxygen atoms in total. The van der Waals surface area contributed by atoms with E-state index in [1.54, 1.807) is 119 Å². The van der Waals surface area contributed by atoms with Crippen molar-refractivity contribution in [3.63, 3.8) is 0 Å². The molecule has 2 aromatic heterocycles. The number of phenols is 1. The SMILES string of the molecule is CC(C)C[C@H](NC(=O)[C@H](Cc1c[nH]c2ccccc12)NC(=O)CNC(=O)[C@H](Cc1ccc(O)cc1)NC(=O)[C@H](C)NC(=O)[C@H](CCC(=O)O)NC(=O)[C@H](CCC(=O)O)NC(=O)[C@H](CCC(=O)O)NC(=O)[C@H](CCC(=O)O)NC(=O)[C@H](CCC(=O)O)NC(=O)[C@H](CC(C)C)NC(=O)[C@H](Cc1c[nH]c2ccccc12)NC(=O)[C@@H]1CCCN1C(=O)CNC(=O)C1CCC(=O)N1)C(=O)N[C@@H](CC(=O)O)C(=O)N[C@@H](Cc1ccccc1)C(N)=O. The van der Waals surface area contributed by atoms with E-state index in [2.05, 4.69) is 95.0 Å². The van der Waals surface area contributed by atoms with Crippen LogP contribution in [0.2, 0.25) is 0 Å². The molecule has 1 unspecified atom stereocenters. The van der Waals surface area contributed by atoms with Gasteiger partial charge < -0.3 is 141 Å². The average Bonchev–Trinajstić information content (AvgIpc) is 1.68. The van der Waals surface area contributed by atoms with Gasteiger partial charge in [-0.2, -0.15) is 0 Å². The first-order valence-corrected chi connectivity index (χ1v) is 48.2. The number of nitrogens with zero attached hydrogens (tertiary/aromatic N) is 1. The number of aromatic nitrogens is 2. The Balaban J connectivity index is 0.958. The van der Waals surface area contributed by atoms with Crippen LogP contribution in [0.3, 0.4) is 0 Å². The quantitative estimate of drug-likeness (QED) is 0.0179. The zero-order valence-corrected chi connectivity index (χ0v) is 82.2. The lowest BCUT2D eigenvalue weighted by Gasteiger charge is -2.29. The molecule has 2 aliphatic rings. The topological polar surface area (TPSA) is 805 Å². The number of amides is 18. The van der Waals surface area contributed by atoms with Crippen LogP contribution in [0.5, 0.6) is 5.75 Å². The summed E-state index contributed by atoms with van der Waals surface area (Å²) in [7, 11) is 0. The van der Waals surface area contributed by atoms with Gasteiger partial charge in [0.1, 0.15) is 96.4 Å². The molecule has 0 saturated carbocycles. The Morgan fingerprint density at radius 1 is 0.369 bits per heavy atom. The van der Waals surface area contributed by atoms with Crippen molar-refractivity contribution in [2.45, 2.75) is 260 Å². The second-order valence-corrected chi connectivity index (χ2v) is 37.0. The number of benzene rings is 4. The number of aromatic amines is 2. The number of fused-ring (bicyclic) bond motifs is 2. The van der Waals surface area contributed by atoms with Crippen LogP contribution in [0.1, 0.15) is 166 Å². The number of hydrogen-bond donors (Lipinski definition) is 26. The predicted octanol–water partition coefficient (Wildman–Crippen LogP) is -3.17. The first-order chi connectivity index (χ1) is 70.6. The number of carbonyl (C=O) groups excluding carboxylic acids is 18. The maximum atomic E-state index is 14.9. The number of likely N-dealkylation sites (tertiary alicyclic amines) is 1. The van der Waals surface area contributed by atoms with Gasteiger partial charge in [-0.1, -0.05) is 107 Å². The highest BCUT2D eigenvalue weighted by Gasteiger charge is 2.42. The summed E-state index contributed by atoms with van der Waals surface area (Å²) in [4.78, 5) is 334. The molecule has 0 radical (unpaired) electrons. The van der Waals surface area contributed by atoms with Crippen LogP contribution in [-0.4, -0.2) is 303 Å². The molecule has 4 heterocycles. The fraction of sp³-hybridized carbons (Fsp3) is 0.469. The number of rotatable bonds is 61. The number of primary amides is 1. The summed E-state index contributed by atoms with van der Waals surface area (Å²) in [6.45, 7) is 6.28. The lowest BCUT2D eigenvalue weighted by atomic mass is 9.99. The average molecular weight is 2080 g/mol. The summed E-state index contributed by atoms with van der Waals surface area (Å²) in [6.07, 6.45) is -7.57. The molecule has 149 heavy (non-hydrogen) atoms. The minimum Gasteiger partial charge on any atom is -0.508 e. The second kappa shape index (κ2) is 57.1. The van der Waals surface area contributed by atoms with E-state index in [9.17, 15) is 151 Å². The summed E-state index contributed by atoms with van der Waals surface area (Å²) in [5.41, 5.74) is 8.66. The maximum Gasteiger partial charge on any atom is 0.305 e. The summed E-state index contributed by atoms with van der Waals surface area (Å²) in [5.74, 6) is -29.7. The molecule has 6 aromatic rings. The Kier molecular flexibility index (Phi) is 44.9. The van der Waals surface area contributed by atoms with E-state index in [1.165, 1.54) is 29.2 Å². The van der Waals surface area contributed by atoms with E-state index in [-0.39, 0.29) is 81.0 Å². The standard InChI is InChI=1S/C98H126N20O31/c1-49(2)38-68(115-96(147)72(43-55-46-101-60-19-12-10-17-58(55)60)117-98(149)74-20-13-37-118(74)77(122)48-103-86(137)61-25-31-75(120)105-61)93(144)111-66(30-36-82(131)132)92(143)110-65(29-35-81(129)130)91(142)109-64(28-34-80(127)128)90(141)108-63(27-33-79(125)126)89(140)107-62(26-32-78(123)124)88(139)104-51(5)85(136)113-70(41-53-21-23-56(119)24-22-53)87(138)102-47-76(121)106-71(42-54-45-100-59-18-11-9-16-57(54)59)95(146)114-69(39-50(3)4)94(145)116-73(44-83(133)134)97(148)112-67(84(99)135)40-52-14-7-6-8-15-52/h6-12,14-19,21-24,45-46,49-51,61-74,100-101,119H,13,20,25-44,47-48H2,1-5H3,(H2,99,135)(H,102,138)(H,103,137)(H,104,139)(H,105,120)(H,106,121)(H,107,140)(H,108,141)(H,109,142)(H,110,143)(H,111,144)(H,112,148)(H,113,136)(H,114,146)(H,115,147)(H,116,145)(H,117,149)(H,123,124)(H,125,126)(H,127,128)(H,129,130)(H,131,132)(H,133,134)/t51-,61?,62-,63-,64-,65-,66-,67-,68-,69-,70-,71-,72-,73-,74-/m0/s1. The highest BCUT2D eigenvalue weighted by molar-refractivity contribution is 6.03. The monoisotopic (exact) mass is 2080 g/mol. The molecule has 18 amide bonds. The number of carbonyl (C=O) groups is 24. The third kappa shape index (κ3) is 38.2. The molecule has 4 aromatic carbocycles. The Morgan fingerprint density at radius 3 is 1.16 bits per heavy atom. The number of H-pyrrole nitrogens is 2. The number of phenolic OH excluding ortho intramolecular Hbond substituents is 1. The van der Waals surface area contributed by atoms with Crippen molar-refractivity contribution in [2.24, 2.45) is 17.6 Å². The number of nitrogens with one attached hydrogen (secondary N) is 18. The van der Waals surface area contributed by atoms with Gasteiger partial charge in [-0.25, -0.2) is 0 Å². The van der Waals surface area contributed by atoms with Crippen LogP contribution in [0.15, 0.2) is 116 Å². The number of carboxylic acids is 6. The molecule has 15 atom stereocenters. The fourth-order valence-corrected chi connectivity index (χ4v) is 16.5. The molecule has 2 saturated heterocycles. The number of aromatic hydroxyl groups is 1. The van der Waals surface area contributed by atoms with Crippen molar-refractivity contribution in [2.75, 3.05) is 19.6 Å². The first-order valence-electron chi connectivity index (χ1n) is 48.2. The molecule has 51 heteroatoms. The van der Waals surface area contributed by atoms with E-state index in [0.717, 1.165) is 6.92 Å². The summed E-state index contributed by atoms with van der Waals surface area (Å²) in [5, 5.41) is 109. The normalized spacial score (nSPS) is 15.8. The highest BCUT2D eigenvalue weighted by Crippen LogP contribution is 2.25. The van der Waals surface area contributed by atoms with E-state index < -0.39 is 323 Å². The van der Waals surface area contributed by atoms with Crippen LogP contribution in [0, 0.1) is 11.8 Å². The Labute approximate surface area is 851 Å². The number of carboxylic acid groups (broad SMARTS) is 6. The van der Waals surface area contributed by atoms with Gasteiger partial charge in [-0.15, -0.1) is 0 Å².